The summed E-state index contributed by atoms with van der Waals surface area (Å²) in [5.74, 6) is 0.543. The minimum Gasteiger partial charge on any atom is -0.497 e. The number of allylic oxidation sites excluding steroid dienone is 1. The van der Waals surface area contributed by atoms with Crippen LogP contribution in [-0.4, -0.2) is 53.8 Å². The van der Waals surface area contributed by atoms with Crippen LogP contribution < -0.4 is 24.4 Å². The number of nitrogens with zero attached hydrogens (tertiary/aromatic N) is 3. The van der Waals surface area contributed by atoms with Gasteiger partial charge in [0, 0.05) is 30.3 Å². The summed E-state index contributed by atoms with van der Waals surface area (Å²) in [5, 5.41) is 9.35. The van der Waals surface area contributed by atoms with Crippen LogP contribution >= 0.6 is 22.9 Å². The number of aromatic carboxylic acids is 1. The fraction of sp³-hybridized carbons (Fsp3) is 0.250. The number of rotatable bonds is 9. The molecule has 0 unspecified atom stereocenters. The van der Waals surface area contributed by atoms with E-state index >= 15 is 0 Å². The number of carbonyl (C=O) groups is 2. The first kappa shape index (κ1) is 30.8. The highest BCUT2D eigenvalue weighted by Gasteiger charge is 2.36. The lowest BCUT2D eigenvalue weighted by Gasteiger charge is -2.30. The lowest BCUT2D eigenvalue weighted by Crippen LogP contribution is -2.43. The molecule has 0 spiro atoms. The van der Waals surface area contributed by atoms with Gasteiger partial charge in [0.05, 0.1) is 40.6 Å². The van der Waals surface area contributed by atoms with Crippen LogP contribution in [0.25, 0.3) is 17.4 Å². The molecular weight excluding hydrogens is 606 g/mol. The standard InChI is InChI=1S/C32H30ClN3O7S/c1-6-35(7-2)30(38)27-17(3)34-32-36(28(27)22-15-19(41-4)9-13-25(22)42-5)29(37)26(44-32)16-20-10-12-24(43-20)18-8-11-21(31(39)40)23(33)14-18/h8-16,28H,6-7H2,1-5H3,(H,39,40)/b26-16+/t28-/m1/s1. The summed E-state index contributed by atoms with van der Waals surface area (Å²) in [4.78, 5) is 46.2. The summed E-state index contributed by atoms with van der Waals surface area (Å²) < 4.78 is 19.0. The fourth-order valence-corrected chi connectivity index (χ4v) is 6.47. The smallest absolute Gasteiger partial charge is 0.337 e. The Morgan fingerprint density at radius 1 is 1.11 bits per heavy atom. The third-order valence-electron chi connectivity index (χ3n) is 7.42. The minimum atomic E-state index is -1.13. The zero-order valence-electron chi connectivity index (χ0n) is 24.7. The molecule has 0 saturated carbocycles. The van der Waals surface area contributed by atoms with E-state index in [-0.39, 0.29) is 22.1 Å². The molecule has 5 rings (SSSR count). The van der Waals surface area contributed by atoms with Gasteiger partial charge >= 0.3 is 5.97 Å². The predicted octanol–water partition coefficient (Wildman–Crippen LogP) is 4.73. The third-order valence-corrected chi connectivity index (χ3v) is 8.71. The minimum absolute atomic E-state index is 0.0142. The average Bonchev–Trinajstić information content (AvgIpc) is 3.60. The first-order chi connectivity index (χ1) is 21.1. The molecule has 1 atom stereocenters. The van der Waals surface area contributed by atoms with Gasteiger partial charge in [-0.15, -0.1) is 0 Å². The highest BCUT2D eigenvalue weighted by molar-refractivity contribution is 7.07. The highest BCUT2D eigenvalue weighted by Crippen LogP contribution is 2.38. The number of fused-ring (bicyclic) bond motifs is 1. The molecule has 1 aliphatic rings. The first-order valence-corrected chi connectivity index (χ1v) is 15.0. The molecule has 3 heterocycles. The normalized spacial score (nSPS) is 14.7. The molecule has 12 heteroatoms. The van der Waals surface area contributed by atoms with Crippen molar-refractivity contribution in [3.05, 3.63) is 101 Å². The number of ether oxygens (including phenoxy) is 2. The van der Waals surface area contributed by atoms with Crippen molar-refractivity contribution in [2.45, 2.75) is 26.8 Å². The molecule has 228 valence electrons. The van der Waals surface area contributed by atoms with Gasteiger partial charge in [-0.2, -0.15) is 0 Å². The maximum absolute atomic E-state index is 14.1. The zero-order chi connectivity index (χ0) is 31.7. The maximum Gasteiger partial charge on any atom is 0.337 e. The third kappa shape index (κ3) is 5.56. The number of carboxylic acids is 1. The van der Waals surface area contributed by atoms with Gasteiger partial charge in [-0.1, -0.05) is 29.0 Å². The summed E-state index contributed by atoms with van der Waals surface area (Å²) in [6.45, 7) is 6.56. The van der Waals surface area contributed by atoms with Crippen molar-refractivity contribution in [2.75, 3.05) is 27.3 Å². The second kappa shape index (κ2) is 12.6. The van der Waals surface area contributed by atoms with Gasteiger partial charge in [0.25, 0.3) is 11.5 Å². The van der Waals surface area contributed by atoms with Crippen LogP contribution in [0.5, 0.6) is 11.5 Å². The van der Waals surface area contributed by atoms with Gasteiger partial charge in [0.1, 0.15) is 29.1 Å². The SMILES string of the molecule is CCN(CC)C(=O)C1=C(C)N=c2s/c(=C/c3ccc(-c4ccc(C(=O)O)c(Cl)c4)o3)c(=O)n2[C@@H]1c1cc(OC)ccc1OC. The lowest BCUT2D eigenvalue weighted by molar-refractivity contribution is -0.127. The quantitative estimate of drug-likeness (QED) is 0.282. The van der Waals surface area contributed by atoms with Crippen molar-refractivity contribution < 1.29 is 28.6 Å². The average molecular weight is 636 g/mol. The van der Waals surface area contributed by atoms with E-state index in [9.17, 15) is 19.5 Å². The number of aromatic nitrogens is 1. The highest BCUT2D eigenvalue weighted by atomic mass is 35.5. The number of thiazole rings is 1. The molecule has 2 aromatic carbocycles. The number of carboxylic acid groups (broad SMARTS) is 1. The van der Waals surface area contributed by atoms with Gasteiger partial charge in [-0.05, 0) is 63.2 Å². The summed E-state index contributed by atoms with van der Waals surface area (Å²) in [6.07, 6.45) is 1.62. The molecule has 0 bridgehead atoms. The molecule has 4 aromatic rings. The number of amides is 1. The summed E-state index contributed by atoms with van der Waals surface area (Å²) in [5.41, 5.74) is 1.69. The Hall–Kier alpha value is -4.61. The molecule has 0 radical (unpaired) electrons. The second-order valence-corrected chi connectivity index (χ2v) is 11.3. The van der Waals surface area contributed by atoms with Crippen LogP contribution in [0.2, 0.25) is 5.02 Å². The zero-order valence-corrected chi connectivity index (χ0v) is 26.3. The molecule has 44 heavy (non-hydrogen) atoms. The van der Waals surface area contributed by atoms with Crippen LogP contribution in [0.15, 0.2) is 74.0 Å². The molecule has 1 amide bonds. The molecule has 0 saturated heterocycles. The molecule has 0 fully saturated rings. The van der Waals surface area contributed by atoms with Crippen molar-refractivity contribution >= 4 is 40.9 Å². The van der Waals surface area contributed by atoms with Gasteiger partial charge < -0.3 is 23.9 Å². The molecule has 0 aliphatic carbocycles. The number of furan rings is 1. The topological polar surface area (TPSA) is 124 Å². The molecule has 2 aromatic heterocycles. The van der Waals surface area contributed by atoms with Crippen molar-refractivity contribution in [1.29, 1.82) is 0 Å². The summed E-state index contributed by atoms with van der Waals surface area (Å²) in [7, 11) is 3.08. The number of methoxy groups -OCH3 is 2. The van der Waals surface area contributed by atoms with Crippen molar-refractivity contribution in [3.8, 4) is 22.8 Å². The Morgan fingerprint density at radius 3 is 2.50 bits per heavy atom. The van der Waals surface area contributed by atoms with E-state index in [0.29, 0.717) is 67.8 Å². The number of benzene rings is 2. The number of carbonyl (C=O) groups excluding carboxylic acids is 1. The van der Waals surface area contributed by atoms with E-state index < -0.39 is 12.0 Å². The number of likely N-dealkylation sites (N-methyl/N-ethyl adjacent to an activating group) is 1. The van der Waals surface area contributed by atoms with E-state index in [0.717, 1.165) is 0 Å². The summed E-state index contributed by atoms with van der Waals surface area (Å²) >= 11 is 7.33. The largest absolute Gasteiger partial charge is 0.497 e. The van der Waals surface area contributed by atoms with Crippen LogP contribution in [0, 0.1) is 0 Å². The van der Waals surface area contributed by atoms with Gasteiger partial charge in [-0.25, -0.2) is 9.79 Å². The monoisotopic (exact) mass is 635 g/mol. The van der Waals surface area contributed by atoms with E-state index in [2.05, 4.69) is 0 Å². The number of hydrogen-bond acceptors (Lipinski definition) is 8. The van der Waals surface area contributed by atoms with Gasteiger partial charge in [-0.3, -0.25) is 14.2 Å². The van der Waals surface area contributed by atoms with E-state index in [4.69, 9.17) is 30.5 Å². The Kier molecular flexibility index (Phi) is 8.80. The van der Waals surface area contributed by atoms with E-state index in [1.807, 2.05) is 13.8 Å². The van der Waals surface area contributed by atoms with Gasteiger partial charge in [0.15, 0.2) is 4.80 Å². The molecule has 1 N–H and O–H groups in total. The first-order valence-electron chi connectivity index (χ1n) is 13.8. The Labute approximate surface area is 261 Å². The Morgan fingerprint density at radius 2 is 1.86 bits per heavy atom. The van der Waals surface area contributed by atoms with Crippen molar-refractivity contribution in [2.24, 2.45) is 4.99 Å². The van der Waals surface area contributed by atoms with Crippen LogP contribution in [-0.2, 0) is 4.79 Å². The van der Waals surface area contributed by atoms with Crippen molar-refractivity contribution in [3.63, 3.8) is 0 Å². The lowest BCUT2D eigenvalue weighted by atomic mass is 9.93. The van der Waals surface area contributed by atoms with Gasteiger partial charge in [0.2, 0.25) is 0 Å². The molecular formula is C32H30ClN3O7S. The molecule has 10 nitrogen and oxygen atoms in total. The predicted molar refractivity (Wildman–Crippen MR) is 167 cm³/mol. The van der Waals surface area contributed by atoms with Crippen molar-refractivity contribution in [1.82, 2.24) is 9.47 Å². The Bertz CT molecular complexity index is 1980. The fourth-order valence-electron chi connectivity index (χ4n) is 5.18. The number of hydrogen-bond donors (Lipinski definition) is 1. The van der Waals surface area contributed by atoms with Crippen LogP contribution in [0.3, 0.4) is 0 Å². The maximum atomic E-state index is 14.1. The van der Waals surface area contributed by atoms with E-state index in [1.165, 1.54) is 35.1 Å². The Balaban J connectivity index is 1.66. The van der Waals surface area contributed by atoms with Crippen LogP contribution in [0.1, 0.15) is 48.5 Å². The summed E-state index contributed by atoms with van der Waals surface area (Å²) in [6, 6.07) is 12.4. The number of halogens is 1. The van der Waals surface area contributed by atoms with Crippen LogP contribution in [0.4, 0.5) is 0 Å². The second-order valence-electron chi connectivity index (χ2n) is 9.87. The molecule has 1 aliphatic heterocycles. The van der Waals surface area contributed by atoms with E-state index in [1.54, 1.807) is 61.4 Å².